The summed E-state index contributed by atoms with van der Waals surface area (Å²) in [5.41, 5.74) is 0.155. The molecule has 1 aromatic rings. The molecule has 2 heterocycles. The van der Waals surface area contributed by atoms with Crippen molar-refractivity contribution in [1.29, 1.82) is 0 Å². The summed E-state index contributed by atoms with van der Waals surface area (Å²) in [6.45, 7) is 0.0249. The van der Waals surface area contributed by atoms with Crippen LogP contribution in [0.25, 0.3) is 0 Å². The van der Waals surface area contributed by atoms with Gasteiger partial charge < -0.3 is 10.2 Å². The van der Waals surface area contributed by atoms with Crippen LogP contribution in [0.5, 0.6) is 0 Å². The lowest BCUT2D eigenvalue weighted by molar-refractivity contribution is -0.145. The normalized spacial score (nSPS) is 17.4. The van der Waals surface area contributed by atoms with Gasteiger partial charge in [-0.05, 0) is 25.9 Å². The van der Waals surface area contributed by atoms with Gasteiger partial charge in [0, 0.05) is 12.2 Å². The zero-order valence-electron chi connectivity index (χ0n) is 10.2. The SMILES string of the molecule is O=C(c1cn[nH]c1)N(CC(F)(F)F)C1CCNCC1. The van der Waals surface area contributed by atoms with E-state index in [1.807, 2.05) is 0 Å². The van der Waals surface area contributed by atoms with Gasteiger partial charge in [0.25, 0.3) is 5.91 Å². The first-order valence-corrected chi connectivity index (χ1v) is 6.04. The van der Waals surface area contributed by atoms with Crippen LogP contribution in [-0.2, 0) is 0 Å². The molecule has 5 nitrogen and oxygen atoms in total. The molecule has 0 bridgehead atoms. The van der Waals surface area contributed by atoms with Gasteiger partial charge in [0.05, 0.1) is 11.8 Å². The third-order valence-corrected chi connectivity index (χ3v) is 3.11. The lowest BCUT2D eigenvalue weighted by Crippen LogP contribution is -2.49. The lowest BCUT2D eigenvalue weighted by Gasteiger charge is -2.34. The van der Waals surface area contributed by atoms with Crippen LogP contribution in [0.2, 0.25) is 0 Å². The van der Waals surface area contributed by atoms with Gasteiger partial charge in [0.15, 0.2) is 0 Å². The molecule has 0 spiro atoms. The third-order valence-electron chi connectivity index (χ3n) is 3.11. The highest BCUT2D eigenvalue weighted by molar-refractivity contribution is 5.94. The standard InChI is InChI=1S/C11H15F3N4O/c12-11(13,14)7-18(9-1-3-15-4-2-9)10(19)8-5-16-17-6-8/h5-6,9,15H,1-4,7H2,(H,16,17). The minimum absolute atomic E-state index is 0.155. The number of nitrogens with one attached hydrogen (secondary N) is 2. The van der Waals surface area contributed by atoms with Crippen molar-refractivity contribution in [3.63, 3.8) is 0 Å². The zero-order chi connectivity index (χ0) is 13.9. The minimum Gasteiger partial charge on any atom is -0.326 e. The fourth-order valence-electron chi connectivity index (χ4n) is 2.21. The molecular formula is C11H15F3N4O. The Balaban J connectivity index is 2.15. The number of alkyl halides is 3. The number of amides is 1. The van der Waals surface area contributed by atoms with E-state index in [4.69, 9.17) is 0 Å². The number of hydrogen-bond donors (Lipinski definition) is 2. The zero-order valence-corrected chi connectivity index (χ0v) is 10.2. The smallest absolute Gasteiger partial charge is 0.326 e. The first-order chi connectivity index (χ1) is 8.97. The second kappa shape index (κ2) is 5.60. The second-order valence-electron chi connectivity index (χ2n) is 4.52. The van der Waals surface area contributed by atoms with Crippen LogP contribution in [-0.4, -0.2) is 52.9 Å². The predicted molar refractivity (Wildman–Crippen MR) is 61.6 cm³/mol. The number of rotatable bonds is 3. The van der Waals surface area contributed by atoms with Crippen molar-refractivity contribution < 1.29 is 18.0 Å². The Labute approximate surface area is 108 Å². The minimum atomic E-state index is -4.40. The van der Waals surface area contributed by atoms with Crippen LogP contribution in [0.1, 0.15) is 23.2 Å². The van der Waals surface area contributed by atoms with Gasteiger partial charge in [-0.1, -0.05) is 0 Å². The number of H-pyrrole nitrogens is 1. The molecule has 1 aromatic heterocycles. The first-order valence-electron chi connectivity index (χ1n) is 6.04. The summed E-state index contributed by atoms with van der Waals surface area (Å²) in [6.07, 6.45) is -0.789. The molecule has 0 radical (unpaired) electrons. The Morgan fingerprint density at radius 1 is 1.42 bits per heavy atom. The van der Waals surface area contributed by atoms with Crippen molar-refractivity contribution >= 4 is 5.91 Å². The van der Waals surface area contributed by atoms with Gasteiger partial charge in [-0.15, -0.1) is 0 Å². The van der Waals surface area contributed by atoms with Crippen LogP contribution < -0.4 is 5.32 Å². The van der Waals surface area contributed by atoms with Crippen LogP contribution in [0.15, 0.2) is 12.4 Å². The highest BCUT2D eigenvalue weighted by Gasteiger charge is 2.37. The summed E-state index contributed by atoms with van der Waals surface area (Å²) >= 11 is 0. The van der Waals surface area contributed by atoms with Crippen molar-refractivity contribution in [3.8, 4) is 0 Å². The third kappa shape index (κ3) is 3.69. The van der Waals surface area contributed by atoms with Crippen molar-refractivity contribution in [3.05, 3.63) is 18.0 Å². The van der Waals surface area contributed by atoms with Gasteiger partial charge in [0.1, 0.15) is 6.54 Å². The Morgan fingerprint density at radius 2 is 2.11 bits per heavy atom. The lowest BCUT2D eigenvalue weighted by atomic mass is 10.0. The highest BCUT2D eigenvalue weighted by Crippen LogP contribution is 2.23. The summed E-state index contributed by atoms with van der Waals surface area (Å²) in [5, 5.41) is 9.11. The van der Waals surface area contributed by atoms with Gasteiger partial charge >= 0.3 is 6.18 Å². The van der Waals surface area contributed by atoms with Crippen molar-refractivity contribution in [1.82, 2.24) is 20.4 Å². The number of aromatic nitrogens is 2. The van der Waals surface area contributed by atoms with E-state index in [0.29, 0.717) is 25.9 Å². The van der Waals surface area contributed by atoms with E-state index < -0.39 is 18.6 Å². The maximum absolute atomic E-state index is 12.6. The van der Waals surface area contributed by atoms with Crippen LogP contribution in [0, 0.1) is 0 Å². The van der Waals surface area contributed by atoms with E-state index in [2.05, 4.69) is 15.5 Å². The largest absolute Gasteiger partial charge is 0.406 e. The Hall–Kier alpha value is -1.57. The number of halogens is 3. The average Bonchev–Trinajstić information content (AvgIpc) is 2.89. The number of aromatic amines is 1. The maximum Gasteiger partial charge on any atom is 0.406 e. The van der Waals surface area contributed by atoms with E-state index in [-0.39, 0.29) is 11.6 Å². The van der Waals surface area contributed by atoms with Crippen molar-refractivity contribution in [2.24, 2.45) is 0 Å². The molecule has 2 rings (SSSR count). The highest BCUT2D eigenvalue weighted by atomic mass is 19.4. The molecule has 1 amide bonds. The molecule has 1 aliphatic rings. The number of hydrogen-bond acceptors (Lipinski definition) is 3. The molecule has 1 fully saturated rings. The van der Waals surface area contributed by atoms with Gasteiger partial charge in [-0.2, -0.15) is 18.3 Å². The van der Waals surface area contributed by atoms with E-state index in [1.54, 1.807) is 0 Å². The fraction of sp³-hybridized carbons (Fsp3) is 0.636. The molecule has 0 saturated carbocycles. The maximum atomic E-state index is 12.6. The Bertz CT molecular complexity index is 412. The van der Waals surface area contributed by atoms with E-state index in [1.165, 1.54) is 12.4 Å². The number of nitrogens with zero attached hydrogens (tertiary/aromatic N) is 2. The quantitative estimate of drug-likeness (QED) is 0.871. The van der Waals surface area contributed by atoms with Crippen molar-refractivity contribution in [2.75, 3.05) is 19.6 Å². The number of carbonyl (C=O) groups excluding carboxylic acids is 1. The van der Waals surface area contributed by atoms with Gasteiger partial charge in [0.2, 0.25) is 0 Å². The predicted octanol–water partition coefficient (Wildman–Crippen LogP) is 1.17. The second-order valence-corrected chi connectivity index (χ2v) is 4.52. The molecule has 8 heteroatoms. The Kier molecular flexibility index (Phi) is 4.08. The van der Waals surface area contributed by atoms with Crippen LogP contribution >= 0.6 is 0 Å². The summed E-state index contributed by atoms with van der Waals surface area (Å²) in [6, 6.07) is -0.384. The first kappa shape index (κ1) is 13.9. The molecule has 0 aliphatic carbocycles. The van der Waals surface area contributed by atoms with Crippen LogP contribution in [0.3, 0.4) is 0 Å². The molecular weight excluding hydrogens is 261 g/mol. The van der Waals surface area contributed by atoms with E-state index in [9.17, 15) is 18.0 Å². The van der Waals surface area contributed by atoms with Crippen LogP contribution in [0.4, 0.5) is 13.2 Å². The molecule has 0 unspecified atom stereocenters. The number of carbonyl (C=O) groups is 1. The molecule has 0 atom stereocenters. The summed E-state index contributed by atoms with van der Waals surface area (Å²) in [5.74, 6) is -0.627. The summed E-state index contributed by atoms with van der Waals surface area (Å²) in [7, 11) is 0. The topological polar surface area (TPSA) is 61.0 Å². The monoisotopic (exact) mass is 276 g/mol. The summed E-state index contributed by atoms with van der Waals surface area (Å²) < 4.78 is 37.9. The molecule has 106 valence electrons. The van der Waals surface area contributed by atoms with Crippen molar-refractivity contribution in [2.45, 2.75) is 25.1 Å². The number of piperidine rings is 1. The van der Waals surface area contributed by atoms with E-state index >= 15 is 0 Å². The van der Waals surface area contributed by atoms with Gasteiger partial charge in [-0.3, -0.25) is 9.89 Å². The molecule has 2 N–H and O–H groups in total. The molecule has 1 saturated heterocycles. The van der Waals surface area contributed by atoms with Gasteiger partial charge in [-0.25, -0.2) is 0 Å². The average molecular weight is 276 g/mol. The molecule has 0 aromatic carbocycles. The molecule has 19 heavy (non-hydrogen) atoms. The van der Waals surface area contributed by atoms with E-state index in [0.717, 1.165) is 4.90 Å². The molecule has 1 aliphatic heterocycles. The Morgan fingerprint density at radius 3 is 2.63 bits per heavy atom. The summed E-state index contributed by atoms with van der Waals surface area (Å²) in [4.78, 5) is 13.0. The fourth-order valence-corrected chi connectivity index (χ4v) is 2.21.